The zero-order valence-corrected chi connectivity index (χ0v) is 17.8. The number of amides is 1. The highest BCUT2D eigenvalue weighted by Gasteiger charge is 2.28. The van der Waals surface area contributed by atoms with Gasteiger partial charge in [-0.3, -0.25) is 4.79 Å². The van der Waals surface area contributed by atoms with Crippen LogP contribution in [-0.2, 0) is 16.6 Å². The Bertz CT molecular complexity index is 993. The van der Waals surface area contributed by atoms with Gasteiger partial charge in [0, 0.05) is 30.8 Å². The molecule has 0 aliphatic carbocycles. The molecule has 31 heavy (non-hydrogen) atoms. The Kier molecular flexibility index (Phi) is 8.15. The molecule has 11 heteroatoms. The van der Waals surface area contributed by atoms with Gasteiger partial charge in [0.15, 0.2) is 0 Å². The molecule has 0 fully saturated rings. The lowest BCUT2D eigenvalue weighted by molar-refractivity contribution is -0.123. The van der Waals surface area contributed by atoms with Crippen LogP contribution in [0.2, 0.25) is 0 Å². The van der Waals surface area contributed by atoms with E-state index in [4.69, 9.17) is 0 Å². The van der Waals surface area contributed by atoms with Crippen molar-refractivity contribution in [3.8, 4) is 0 Å². The van der Waals surface area contributed by atoms with Gasteiger partial charge in [-0.1, -0.05) is 18.2 Å². The molecule has 0 aliphatic rings. The van der Waals surface area contributed by atoms with E-state index in [1.54, 1.807) is 30.4 Å². The van der Waals surface area contributed by atoms with Crippen molar-refractivity contribution in [2.45, 2.75) is 17.6 Å². The third kappa shape index (κ3) is 7.30. The predicted octanol–water partition coefficient (Wildman–Crippen LogP) is 2.87. The van der Waals surface area contributed by atoms with E-state index >= 15 is 0 Å². The number of benzene rings is 2. The summed E-state index contributed by atoms with van der Waals surface area (Å²) in [5.41, 5.74) is 0.0881. The van der Waals surface area contributed by atoms with Crippen molar-refractivity contribution in [1.29, 1.82) is 0 Å². The van der Waals surface area contributed by atoms with Crippen LogP contribution in [-0.4, -0.2) is 63.4 Å². The van der Waals surface area contributed by atoms with Crippen LogP contribution < -0.4 is 5.32 Å². The molecule has 170 valence electrons. The molecular formula is C20H23F4N3O3S. The molecule has 2 aromatic carbocycles. The monoisotopic (exact) mass is 461 g/mol. The first-order chi connectivity index (χ1) is 14.4. The van der Waals surface area contributed by atoms with Crippen LogP contribution in [0.1, 0.15) is 15.9 Å². The lowest BCUT2D eigenvalue weighted by atomic mass is 10.2. The van der Waals surface area contributed by atoms with E-state index in [1.807, 2.05) is 0 Å². The number of alkyl halides is 3. The molecule has 0 bridgehead atoms. The predicted molar refractivity (Wildman–Crippen MR) is 107 cm³/mol. The number of nitrogens with one attached hydrogen (secondary N) is 1. The Morgan fingerprint density at radius 1 is 1.00 bits per heavy atom. The lowest BCUT2D eigenvalue weighted by Crippen LogP contribution is -2.36. The van der Waals surface area contributed by atoms with Crippen LogP contribution in [0.25, 0.3) is 0 Å². The fourth-order valence-electron chi connectivity index (χ4n) is 2.62. The van der Waals surface area contributed by atoms with Crippen molar-refractivity contribution < 1.29 is 30.8 Å². The molecule has 2 aromatic rings. The first kappa shape index (κ1) is 24.8. The van der Waals surface area contributed by atoms with Crippen LogP contribution in [0, 0.1) is 5.82 Å². The Hall–Kier alpha value is -2.50. The molecule has 0 radical (unpaired) electrons. The van der Waals surface area contributed by atoms with Crippen LogP contribution >= 0.6 is 0 Å². The second-order valence-corrected chi connectivity index (χ2v) is 8.99. The molecule has 0 aromatic heterocycles. The minimum absolute atomic E-state index is 0.0808. The van der Waals surface area contributed by atoms with Crippen molar-refractivity contribution in [1.82, 2.24) is 14.5 Å². The third-order valence-electron chi connectivity index (χ3n) is 4.30. The summed E-state index contributed by atoms with van der Waals surface area (Å²) in [4.78, 5) is 13.4. The normalized spacial score (nSPS) is 12.4. The molecule has 6 nitrogen and oxygen atoms in total. The quantitative estimate of drug-likeness (QED) is 0.583. The number of nitrogens with zero attached hydrogens (tertiary/aromatic N) is 2. The molecule has 0 saturated carbocycles. The number of hydrogen-bond donors (Lipinski definition) is 1. The summed E-state index contributed by atoms with van der Waals surface area (Å²) in [5, 5.41) is 1.72. The molecule has 0 atom stereocenters. The van der Waals surface area contributed by atoms with Gasteiger partial charge in [-0.15, -0.1) is 0 Å². The number of likely N-dealkylation sites (N-methyl/N-ethyl adjacent to an activating group) is 1. The largest absolute Gasteiger partial charge is 0.405 e. The van der Waals surface area contributed by atoms with Gasteiger partial charge in [0.2, 0.25) is 10.0 Å². The topological polar surface area (TPSA) is 69.7 Å². The van der Waals surface area contributed by atoms with Crippen LogP contribution in [0.15, 0.2) is 53.4 Å². The van der Waals surface area contributed by atoms with E-state index < -0.39 is 34.5 Å². The fourth-order valence-corrected chi connectivity index (χ4v) is 4.03. The van der Waals surface area contributed by atoms with Gasteiger partial charge < -0.3 is 10.2 Å². The van der Waals surface area contributed by atoms with Crippen LogP contribution in [0.4, 0.5) is 17.6 Å². The Balaban J connectivity index is 2.25. The zero-order chi connectivity index (χ0) is 23.2. The Labute approximate surface area is 178 Å². The number of carbonyl (C=O) groups is 1. The highest BCUT2D eigenvalue weighted by atomic mass is 32.2. The van der Waals surface area contributed by atoms with Crippen LogP contribution in [0.5, 0.6) is 0 Å². The summed E-state index contributed by atoms with van der Waals surface area (Å²) in [5.74, 6) is -1.51. The molecule has 1 amide bonds. The summed E-state index contributed by atoms with van der Waals surface area (Å²) in [6.45, 7) is -1.23. The van der Waals surface area contributed by atoms with Crippen LogP contribution in [0.3, 0.4) is 0 Å². The summed E-state index contributed by atoms with van der Waals surface area (Å²) in [7, 11) is -0.529. The smallest absolute Gasteiger partial charge is 0.343 e. The number of halogens is 4. The standard InChI is InChI=1S/C20H23F4N3O3S/c1-26(2)11-12-27(13-16-5-3-4-6-18(16)21)31(29,30)17-9-7-15(8-10-17)19(28)25-14-20(22,23)24/h3-10H,11-14H2,1-2H3,(H,25,28). The minimum Gasteiger partial charge on any atom is -0.343 e. The maximum absolute atomic E-state index is 14.1. The first-order valence-electron chi connectivity index (χ1n) is 9.23. The van der Waals surface area contributed by atoms with E-state index in [-0.39, 0.29) is 29.1 Å². The molecule has 0 unspecified atom stereocenters. The van der Waals surface area contributed by atoms with Gasteiger partial charge in [-0.05, 0) is 44.4 Å². The molecule has 0 heterocycles. The molecular weight excluding hydrogens is 438 g/mol. The fraction of sp³-hybridized carbons (Fsp3) is 0.350. The van der Waals surface area contributed by atoms with Gasteiger partial charge in [-0.2, -0.15) is 17.5 Å². The van der Waals surface area contributed by atoms with Gasteiger partial charge in [0.1, 0.15) is 12.4 Å². The summed E-state index contributed by atoms with van der Waals surface area (Å²) in [6.07, 6.45) is -4.56. The first-order valence-corrected chi connectivity index (χ1v) is 10.7. The van der Waals surface area contributed by atoms with Gasteiger partial charge in [0.05, 0.1) is 4.90 Å². The Morgan fingerprint density at radius 2 is 1.61 bits per heavy atom. The third-order valence-corrected chi connectivity index (χ3v) is 6.16. The maximum Gasteiger partial charge on any atom is 0.405 e. The summed E-state index contributed by atoms with van der Waals surface area (Å²) < 4.78 is 78.2. The SMILES string of the molecule is CN(C)CCN(Cc1ccccc1F)S(=O)(=O)c1ccc(C(=O)NCC(F)(F)F)cc1. The van der Waals surface area contributed by atoms with E-state index in [1.165, 1.54) is 18.2 Å². The second kappa shape index (κ2) is 10.2. The van der Waals surface area contributed by atoms with Crippen molar-refractivity contribution >= 4 is 15.9 Å². The Morgan fingerprint density at radius 3 is 2.16 bits per heavy atom. The average Bonchev–Trinajstić information content (AvgIpc) is 2.69. The number of hydrogen-bond acceptors (Lipinski definition) is 4. The van der Waals surface area contributed by atoms with Crippen molar-refractivity contribution in [2.24, 2.45) is 0 Å². The van der Waals surface area contributed by atoms with Gasteiger partial charge in [-0.25, -0.2) is 12.8 Å². The molecule has 0 saturated heterocycles. The minimum atomic E-state index is -4.56. The number of rotatable bonds is 9. The van der Waals surface area contributed by atoms with E-state index in [0.717, 1.165) is 28.6 Å². The maximum atomic E-state index is 14.1. The van der Waals surface area contributed by atoms with E-state index in [0.29, 0.717) is 6.54 Å². The average molecular weight is 461 g/mol. The zero-order valence-electron chi connectivity index (χ0n) is 17.0. The molecule has 1 N–H and O–H groups in total. The van der Waals surface area contributed by atoms with Gasteiger partial charge in [0.25, 0.3) is 5.91 Å². The molecule has 2 rings (SSSR count). The number of sulfonamides is 1. The van der Waals surface area contributed by atoms with Crippen molar-refractivity contribution in [2.75, 3.05) is 33.7 Å². The molecule has 0 aliphatic heterocycles. The highest BCUT2D eigenvalue weighted by Crippen LogP contribution is 2.20. The van der Waals surface area contributed by atoms with Crippen molar-refractivity contribution in [3.05, 3.63) is 65.5 Å². The van der Waals surface area contributed by atoms with E-state index in [2.05, 4.69) is 0 Å². The molecule has 0 spiro atoms. The highest BCUT2D eigenvalue weighted by molar-refractivity contribution is 7.89. The van der Waals surface area contributed by atoms with Crippen molar-refractivity contribution in [3.63, 3.8) is 0 Å². The second-order valence-electron chi connectivity index (χ2n) is 7.06. The lowest BCUT2D eigenvalue weighted by Gasteiger charge is -2.24. The summed E-state index contributed by atoms with van der Waals surface area (Å²) >= 11 is 0. The van der Waals surface area contributed by atoms with E-state index in [9.17, 15) is 30.8 Å². The van der Waals surface area contributed by atoms with Gasteiger partial charge >= 0.3 is 6.18 Å². The number of carbonyl (C=O) groups excluding carboxylic acids is 1. The summed E-state index contributed by atoms with van der Waals surface area (Å²) in [6, 6.07) is 10.4.